The second kappa shape index (κ2) is 11.7. The molecule has 200 valence electrons. The zero-order chi connectivity index (χ0) is 27.4. The maximum Gasteiger partial charge on any atom is 0.459 e. The second-order valence-corrected chi connectivity index (χ2v) is 10.6. The molecule has 0 saturated carbocycles. The molecule has 0 spiro atoms. The Kier molecular flexibility index (Phi) is 9.09. The highest BCUT2D eigenvalue weighted by Crippen LogP contribution is 2.47. The Morgan fingerprint density at radius 2 is 2.00 bits per heavy atom. The van der Waals surface area contributed by atoms with Gasteiger partial charge in [0, 0.05) is 12.3 Å². The van der Waals surface area contributed by atoms with Crippen LogP contribution in [0.4, 0.5) is 0 Å². The maximum atomic E-state index is 13.7. The minimum Gasteiger partial charge on any atom is -0.462 e. The molecule has 1 aromatic carbocycles. The number of ether oxygens (including phenoxy) is 2. The number of aliphatic hydroxyl groups excluding tert-OH is 2. The van der Waals surface area contributed by atoms with Crippen LogP contribution in [0.15, 0.2) is 47.4 Å². The molecule has 6 atom stereocenters. The lowest BCUT2D eigenvalue weighted by atomic mass is 9.97. The van der Waals surface area contributed by atoms with Crippen molar-refractivity contribution in [1.82, 2.24) is 14.6 Å². The van der Waals surface area contributed by atoms with Crippen LogP contribution in [-0.4, -0.2) is 62.3 Å². The molecule has 0 radical (unpaired) electrons. The summed E-state index contributed by atoms with van der Waals surface area (Å²) < 4.78 is 36.9. The summed E-state index contributed by atoms with van der Waals surface area (Å²) in [5.74, 6) is 1.70. The van der Waals surface area contributed by atoms with E-state index in [2.05, 4.69) is 16.0 Å². The van der Waals surface area contributed by atoms with E-state index in [0.29, 0.717) is 0 Å². The lowest BCUT2D eigenvalue weighted by molar-refractivity contribution is -0.149. The summed E-state index contributed by atoms with van der Waals surface area (Å²) in [4.78, 5) is 26.2. The SMILES string of the molecule is C#C[C@]1(CO[P@](=O)(N[C@@H](C)C(=O)OC(C)C)Oc2ccccc2)O[C@@H](n2ccc(=O)[nH]c2=S)C(O)[C@H]1O. The lowest BCUT2D eigenvalue weighted by Gasteiger charge is -2.29. The maximum absolute atomic E-state index is 13.7. The molecule has 2 aromatic rings. The van der Waals surface area contributed by atoms with E-state index in [0.717, 1.165) is 6.07 Å². The Balaban J connectivity index is 1.87. The molecule has 14 heteroatoms. The number of aliphatic hydroxyl groups is 2. The minimum absolute atomic E-state index is 0.0882. The number of aromatic nitrogens is 2. The van der Waals surface area contributed by atoms with Gasteiger partial charge in [0.25, 0.3) is 5.56 Å². The van der Waals surface area contributed by atoms with E-state index in [1.807, 2.05) is 0 Å². The van der Waals surface area contributed by atoms with Crippen molar-refractivity contribution in [2.45, 2.75) is 57.0 Å². The van der Waals surface area contributed by atoms with Crippen molar-refractivity contribution in [1.29, 1.82) is 0 Å². The van der Waals surface area contributed by atoms with Crippen molar-refractivity contribution < 1.29 is 38.1 Å². The first-order valence-corrected chi connectivity index (χ1v) is 13.2. The van der Waals surface area contributed by atoms with Crippen LogP contribution in [0.5, 0.6) is 5.75 Å². The van der Waals surface area contributed by atoms with E-state index in [4.69, 9.17) is 37.2 Å². The summed E-state index contributed by atoms with van der Waals surface area (Å²) in [6.07, 6.45) is 1.89. The number of benzene rings is 1. The number of hydrogen-bond acceptors (Lipinski definition) is 10. The van der Waals surface area contributed by atoms with Gasteiger partial charge in [0.1, 0.15) is 30.6 Å². The number of carbonyl (C=O) groups is 1. The van der Waals surface area contributed by atoms with Gasteiger partial charge in [-0.25, -0.2) is 4.57 Å². The molecule has 3 rings (SSSR count). The third-order valence-electron chi connectivity index (χ3n) is 5.27. The zero-order valence-corrected chi connectivity index (χ0v) is 22.0. The molecule has 12 nitrogen and oxygen atoms in total. The number of esters is 1. The normalized spacial score (nSPS) is 25.7. The Morgan fingerprint density at radius 1 is 1.32 bits per heavy atom. The molecule has 0 amide bonds. The van der Waals surface area contributed by atoms with Gasteiger partial charge in [-0.2, -0.15) is 5.09 Å². The molecule has 0 bridgehead atoms. The molecule has 1 aliphatic heterocycles. The topological polar surface area (TPSA) is 161 Å². The number of carbonyl (C=O) groups excluding carboxylic acids is 1. The molecule has 2 heterocycles. The van der Waals surface area contributed by atoms with E-state index >= 15 is 0 Å². The van der Waals surface area contributed by atoms with Gasteiger partial charge in [-0.05, 0) is 45.1 Å². The number of H-pyrrole nitrogens is 1. The predicted molar refractivity (Wildman–Crippen MR) is 134 cm³/mol. The Bertz CT molecular complexity index is 1310. The number of aromatic amines is 1. The third kappa shape index (κ3) is 6.74. The van der Waals surface area contributed by atoms with Gasteiger partial charge in [0.05, 0.1) is 6.10 Å². The molecule has 4 N–H and O–H groups in total. The molecular formula is C23H28N3O9PS. The Morgan fingerprint density at radius 3 is 2.59 bits per heavy atom. The molecular weight excluding hydrogens is 525 g/mol. The van der Waals surface area contributed by atoms with E-state index in [1.54, 1.807) is 32.0 Å². The summed E-state index contributed by atoms with van der Waals surface area (Å²) in [6.45, 7) is 4.00. The van der Waals surface area contributed by atoms with Crippen molar-refractivity contribution in [3.05, 3.63) is 57.7 Å². The second-order valence-electron chi connectivity index (χ2n) is 8.51. The molecule has 0 aliphatic carbocycles. The smallest absolute Gasteiger partial charge is 0.459 e. The molecule has 1 fully saturated rings. The van der Waals surface area contributed by atoms with E-state index in [1.165, 1.54) is 29.8 Å². The summed E-state index contributed by atoms with van der Waals surface area (Å²) in [5.41, 5.74) is -2.48. The highest BCUT2D eigenvalue weighted by atomic mass is 32.1. The lowest BCUT2D eigenvalue weighted by Crippen LogP contribution is -2.46. The fourth-order valence-corrected chi connectivity index (χ4v) is 5.22. The van der Waals surface area contributed by atoms with Crippen molar-refractivity contribution >= 4 is 25.9 Å². The van der Waals surface area contributed by atoms with Crippen LogP contribution in [0.25, 0.3) is 0 Å². The number of para-hydroxylation sites is 1. The highest BCUT2D eigenvalue weighted by molar-refractivity contribution is 7.71. The van der Waals surface area contributed by atoms with Crippen molar-refractivity contribution in [2.75, 3.05) is 6.61 Å². The van der Waals surface area contributed by atoms with Crippen LogP contribution in [0, 0.1) is 17.1 Å². The number of nitrogens with zero attached hydrogens (tertiary/aromatic N) is 1. The minimum atomic E-state index is -4.35. The molecule has 1 aromatic heterocycles. The number of nitrogens with one attached hydrogen (secondary N) is 2. The van der Waals surface area contributed by atoms with Crippen molar-refractivity contribution in [3.63, 3.8) is 0 Å². The van der Waals surface area contributed by atoms with Crippen molar-refractivity contribution in [3.8, 4) is 18.1 Å². The van der Waals surface area contributed by atoms with Crippen LogP contribution in [0.1, 0.15) is 27.0 Å². The first-order chi connectivity index (χ1) is 17.4. The van der Waals surface area contributed by atoms with Crippen LogP contribution >= 0.6 is 20.0 Å². The largest absolute Gasteiger partial charge is 0.462 e. The number of rotatable bonds is 10. The first-order valence-electron chi connectivity index (χ1n) is 11.2. The van der Waals surface area contributed by atoms with E-state index in [9.17, 15) is 24.4 Å². The Labute approximate surface area is 218 Å². The number of terminal acetylenes is 1. The van der Waals surface area contributed by atoms with Crippen LogP contribution in [0.3, 0.4) is 0 Å². The van der Waals surface area contributed by atoms with Gasteiger partial charge in [0.15, 0.2) is 16.6 Å². The molecule has 1 aliphatic rings. The molecule has 1 unspecified atom stereocenters. The predicted octanol–water partition coefficient (Wildman–Crippen LogP) is 1.66. The van der Waals surface area contributed by atoms with Gasteiger partial charge >= 0.3 is 13.7 Å². The van der Waals surface area contributed by atoms with Crippen LogP contribution in [0.2, 0.25) is 0 Å². The van der Waals surface area contributed by atoms with Gasteiger partial charge in [-0.3, -0.25) is 23.7 Å². The zero-order valence-electron chi connectivity index (χ0n) is 20.3. The standard InChI is InChI=1S/C23H28N3O9PS/c1-5-23(19(29)18(28)20(34-23)26-12-11-17(27)24-22(26)37)13-32-36(31,35-16-9-7-6-8-10-16)25-15(4)21(30)33-14(2)3/h1,6-12,14-15,18-20,28-29H,13H2,2-4H3,(H,25,31)(H,24,27,37)/t15-,18?,19+,20+,23+,36+/m0/s1. The molecule has 1 saturated heterocycles. The number of hydrogen-bond donors (Lipinski definition) is 4. The summed E-state index contributed by atoms with van der Waals surface area (Å²) >= 11 is 5.11. The summed E-state index contributed by atoms with van der Waals surface area (Å²) in [7, 11) is -4.35. The average Bonchev–Trinajstić information content (AvgIpc) is 3.08. The van der Waals surface area contributed by atoms with Gasteiger partial charge < -0.3 is 24.2 Å². The molecule has 37 heavy (non-hydrogen) atoms. The highest BCUT2D eigenvalue weighted by Gasteiger charge is 2.55. The average molecular weight is 554 g/mol. The quantitative estimate of drug-likeness (QED) is 0.147. The fraction of sp³-hybridized carbons (Fsp3) is 0.435. The monoisotopic (exact) mass is 553 g/mol. The first kappa shape index (κ1) is 28.7. The summed E-state index contributed by atoms with van der Waals surface area (Å²) in [5, 5.41) is 24.0. The van der Waals surface area contributed by atoms with Gasteiger partial charge in [-0.1, -0.05) is 24.1 Å². The summed E-state index contributed by atoms with van der Waals surface area (Å²) in [6, 6.07) is 8.05. The van der Waals surface area contributed by atoms with Crippen LogP contribution < -0.4 is 15.2 Å². The van der Waals surface area contributed by atoms with Gasteiger partial charge in [-0.15, -0.1) is 6.42 Å². The van der Waals surface area contributed by atoms with Gasteiger partial charge in [0.2, 0.25) is 0 Å². The van der Waals surface area contributed by atoms with E-state index < -0.39 is 62.1 Å². The Hall–Kier alpha value is -2.82. The third-order valence-corrected chi connectivity index (χ3v) is 7.21. The van der Waals surface area contributed by atoms with E-state index in [-0.39, 0.29) is 10.5 Å². The van der Waals surface area contributed by atoms with Crippen LogP contribution in [-0.2, 0) is 23.4 Å². The van der Waals surface area contributed by atoms with Crippen molar-refractivity contribution in [2.24, 2.45) is 0 Å². The fourth-order valence-electron chi connectivity index (χ4n) is 3.43.